The highest BCUT2D eigenvalue weighted by atomic mass is 16.5. The van der Waals surface area contributed by atoms with E-state index in [0.29, 0.717) is 25.3 Å². The lowest BCUT2D eigenvalue weighted by Gasteiger charge is -2.12. The molecule has 0 aliphatic carbocycles. The van der Waals surface area contributed by atoms with E-state index in [0.717, 1.165) is 16.9 Å². The zero-order chi connectivity index (χ0) is 19.6. The Bertz CT molecular complexity index is 760. The van der Waals surface area contributed by atoms with Crippen molar-refractivity contribution in [2.75, 3.05) is 33.1 Å². The topological polar surface area (TPSA) is 82.7 Å². The van der Waals surface area contributed by atoms with Crippen molar-refractivity contribution in [3.8, 4) is 5.75 Å². The van der Waals surface area contributed by atoms with Gasteiger partial charge < -0.3 is 25.6 Å². The van der Waals surface area contributed by atoms with Crippen LogP contribution in [0.25, 0.3) is 0 Å². The van der Waals surface area contributed by atoms with Gasteiger partial charge in [0.15, 0.2) is 0 Å². The van der Waals surface area contributed by atoms with Crippen LogP contribution in [0.4, 0.5) is 10.5 Å². The zero-order valence-corrected chi connectivity index (χ0v) is 15.9. The van der Waals surface area contributed by atoms with Crippen LogP contribution in [0.2, 0.25) is 0 Å². The summed E-state index contributed by atoms with van der Waals surface area (Å²) < 4.78 is 5.11. The minimum absolute atomic E-state index is 0.0812. The number of carbonyl (C=O) groups excluding carboxylic acids is 2. The number of hydrogen-bond acceptors (Lipinski definition) is 4. The van der Waals surface area contributed by atoms with Crippen LogP contribution in [0, 0.1) is 0 Å². The van der Waals surface area contributed by atoms with Crippen LogP contribution in [0.1, 0.15) is 11.1 Å². The molecule has 0 radical (unpaired) electrons. The third kappa shape index (κ3) is 7.37. The molecule has 0 heterocycles. The van der Waals surface area contributed by atoms with Gasteiger partial charge in [0.25, 0.3) is 0 Å². The SMILES string of the molecule is COc1ccc(CNC(=O)NCc2cccc(NC(=O)CN(C)C)c2)cc1. The van der Waals surface area contributed by atoms with E-state index in [9.17, 15) is 9.59 Å². The first-order valence-electron chi connectivity index (χ1n) is 8.64. The number of nitrogens with zero attached hydrogens (tertiary/aromatic N) is 1. The van der Waals surface area contributed by atoms with Gasteiger partial charge in [0.05, 0.1) is 13.7 Å². The molecule has 2 rings (SSSR count). The molecule has 7 nitrogen and oxygen atoms in total. The molecule has 27 heavy (non-hydrogen) atoms. The van der Waals surface area contributed by atoms with Gasteiger partial charge in [0.1, 0.15) is 5.75 Å². The molecular formula is C20H26N4O3. The molecule has 0 aromatic heterocycles. The molecule has 0 spiro atoms. The number of methoxy groups -OCH3 is 1. The van der Waals surface area contributed by atoms with Crippen LogP contribution >= 0.6 is 0 Å². The fraction of sp³-hybridized carbons (Fsp3) is 0.300. The van der Waals surface area contributed by atoms with Crippen LogP contribution in [-0.4, -0.2) is 44.6 Å². The minimum Gasteiger partial charge on any atom is -0.497 e. The molecule has 0 unspecified atom stereocenters. The van der Waals surface area contributed by atoms with Gasteiger partial charge in [-0.2, -0.15) is 0 Å². The van der Waals surface area contributed by atoms with E-state index >= 15 is 0 Å². The largest absolute Gasteiger partial charge is 0.497 e. The van der Waals surface area contributed by atoms with Gasteiger partial charge in [-0.25, -0.2) is 4.79 Å². The second kappa shape index (κ2) is 10.2. The van der Waals surface area contributed by atoms with Gasteiger partial charge in [0.2, 0.25) is 5.91 Å². The van der Waals surface area contributed by atoms with Crippen LogP contribution in [-0.2, 0) is 17.9 Å². The summed E-state index contributed by atoms with van der Waals surface area (Å²) in [5.41, 5.74) is 2.59. The van der Waals surface area contributed by atoms with Crippen molar-refractivity contribution in [3.63, 3.8) is 0 Å². The Morgan fingerprint density at radius 3 is 2.26 bits per heavy atom. The van der Waals surface area contributed by atoms with Gasteiger partial charge in [-0.15, -0.1) is 0 Å². The molecule has 2 aromatic carbocycles. The molecule has 0 atom stereocenters. The Morgan fingerprint density at radius 2 is 1.63 bits per heavy atom. The second-order valence-electron chi connectivity index (χ2n) is 6.37. The Labute approximate surface area is 159 Å². The number of benzene rings is 2. The lowest BCUT2D eigenvalue weighted by Crippen LogP contribution is -2.34. The van der Waals surface area contributed by atoms with Crippen LogP contribution in [0.3, 0.4) is 0 Å². The number of hydrogen-bond donors (Lipinski definition) is 3. The molecule has 0 fully saturated rings. The normalized spacial score (nSPS) is 10.4. The Morgan fingerprint density at radius 1 is 0.963 bits per heavy atom. The van der Waals surface area contributed by atoms with Crippen molar-refractivity contribution in [1.29, 1.82) is 0 Å². The maximum atomic E-state index is 12.0. The highest BCUT2D eigenvalue weighted by molar-refractivity contribution is 5.92. The Balaban J connectivity index is 1.78. The number of likely N-dealkylation sites (N-methyl/N-ethyl adjacent to an activating group) is 1. The summed E-state index contributed by atoms with van der Waals surface area (Å²) in [6, 6.07) is 14.7. The third-order valence-electron chi connectivity index (χ3n) is 3.74. The maximum absolute atomic E-state index is 12.0. The summed E-state index contributed by atoms with van der Waals surface area (Å²) >= 11 is 0. The van der Waals surface area contributed by atoms with Crippen LogP contribution in [0.5, 0.6) is 5.75 Å². The first-order chi connectivity index (χ1) is 13.0. The number of anilines is 1. The number of urea groups is 1. The molecule has 3 N–H and O–H groups in total. The van der Waals surface area contributed by atoms with E-state index in [2.05, 4.69) is 16.0 Å². The number of ether oxygens (including phenoxy) is 1. The summed E-state index contributed by atoms with van der Waals surface area (Å²) in [4.78, 5) is 25.6. The van der Waals surface area contributed by atoms with E-state index in [-0.39, 0.29) is 11.9 Å². The smallest absolute Gasteiger partial charge is 0.315 e. The summed E-state index contributed by atoms with van der Waals surface area (Å²) in [6.45, 7) is 1.11. The Kier molecular flexibility index (Phi) is 7.63. The zero-order valence-electron chi connectivity index (χ0n) is 15.9. The van der Waals surface area contributed by atoms with Gasteiger partial charge in [0, 0.05) is 18.8 Å². The van der Waals surface area contributed by atoms with E-state index in [1.807, 2.05) is 62.6 Å². The molecule has 0 saturated carbocycles. The predicted octanol–water partition coefficient (Wildman–Crippen LogP) is 2.19. The minimum atomic E-state index is -0.257. The summed E-state index contributed by atoms with van der Waals surface area (Å²) in [6.07, 6.45) is 0. The fourth-order valence-electron chi connectivity index (χ4n) is 2.42. The van der Waals surface area contributed by atoms with Crippen molar-refractivity contribution >= 4 is 17.6 Å². The standard InChI is InChI=1S/C20H26N4O3/c1-24(2)14-19(25)23-17-6-4-5-16(11-17)13-22-20(26)21-12-15-7-9-18(27-3)10-8-15/h4-11H,12-14H2,1-3H3,(H,23,25)(H2,21,22,26). The summed E-state index contributed by atoms with van der Waals surface area (Å²) in [5, 5.41) is 8.46. The monoisotopic (exact) mass is 370 g/mol. The second-order valence-corrected chi connectivity index (χ2v) is 6.37. The van der Waals surface area contributed by atoms with Gasteiger partial charge in [-0.05, 0) is 49.5 Å². The van der Waals surface area contributed by atoms with Crippen molar-refractivity contribution < 1.29 is 14.3 Å². The van der Waals surface area contributed by atoms with E-state index in [1.165, 1.54) is 0 Å². The fourth-order valence-corrected chi connectivity index (χ4v) is 2.42. The van der Waals surface area contributed by atoms with E-state index < -0.39 is 0 Å². The average molecular weight is 370 g/mol. The van der Waals surface area contributed by atoms with Crippen molar-refractivity contribution in [3.05, 3.63) is 59.7 Å². The number of carbonyl (C=O) groups is 2. The first-order valence-corrected chi connectivity index (χ1v) is 8.64. The molecule has 2 aromatic rings. The first kappa shape index (κ1) is 20.3. The number of nitrogens with one attached hydrogen (secondary N) is 3. The molecule has 7 heteroatoms. The highest BCUT2D eigenvalue weighted by Gasteiger charge is 2.05. The van der Waals surface area contributed by atoms with Gasteiger partial charge in [-0.3, -0.25) is 4.79 Å². The molecule has 0 saturated heterocycles. The van der Waals surface area contributed by atoms with E-state index in [1.54, 1.807) is 12.0 Å². The molecule has 0 aliphatic rings. The molecule has 0 aliphatic heterocycles. The molecule has 3 amide bonds. The van der Waals surface area contributed by atoms with Gasteiger partial charge >= 0.3 is 6.03 Å². The van der Waals surface area contributed by atoms with E-state index in [4.69, 9.17) is 4.74 Å². The maximum Gasteiger partial charge on any atom is 0.315 e. The lowest BCUT2D eigenvalue weighted by atomic mass is 10.2. The number of amides is 3. The van der Waals surface area contributed by atoms with Crippen LogP contribution < -0.4 is 20.7 Å². The highest BCUT2D eigenvalue weighted by Crippen LogP contribution is 2.12. The number of rotatable bonds is 8. The molecular weight excluding hydrogens is 344 g/mol. The average Bonchev–Trinajstić information content (AvgIpc) is 2.64. The van der Waals surface area contributed by atoms with Crippen LogP contribution in [0.15, 0.2) is 48.5 Å². The summed E-state index contributed by atoms with van der Waals surface area (Å²) in [5.74, 6) is 0.697. The Hall–Kier alpha value is -3.06. The predicted molar refractivity (Wildman–Crippen MR) is 106 cm³/mol. The lowest BCUT2D eigenvalue weighted by molar-refractivity contribution is -0.116. The molecule has 0 bridgehead atoms. The quantitative estimate of drug-likeness (QED) is 0.665. The third-order valence-corrected chi connectivity index (χ3v) is 3.74. The van der Waals surface area contributed by atoms with Crippen molar-refractivity contribution in [2.24, 2.45) is 0 Å². The van der Waals surface area contributed by atoms with Crippen molar-refractivity contribution in [1.82, 2.24) is 15.5 Å². The summed E-state index contributed by atoms with van der Waals surface area (Å²) in [7, 11) is 5.29. The molecule has 144 valence electrons. The van der Waals surface area contributed by atoms with Crippen molar-refractivity contribution in [2.45, 2.75) is 13.1 Å². The van der Waals surface area contributed by atoms with Gasteiger partial charge in [-0.1, -0.05) is 24.3 Å².